The second-order valence-electron chi connectivity index (χ2n) is 6.24. The molecule has 26 heavy (non-hydrogen) atoms. The third kappa shape index (κ3) is 3.74. The molecular formula is C19H18N2O4S. The zero-order valence-corrected chi connectivity index (χ0v) is 15.1. The maximum absolute atomic E-state index is 12.5. The molecule has 6 nitrogen and oxygen atoms in total. The number of nitrogens with zero attached hydrogens (tertiary/aromatic N) is 1. The summed E-state index contributed by atoms with van der Waals surface area (Å²) >= 11 is 0. The molecule has 1 heterocycles. The molecule has 0 saturated heterocycles. The Morgan fingerprint density at radius 3 is 2.54 bits per heavy atom. The van der Waals surface area contributed by atoms with Gasteiger partial charge in [-0.05, 0) is 61.4 Å². The molecule has 2 aromatic carbocycles. The van der Waals surface area contributed by atoms with E-state index in [1.807, 2.05) is 24.3 Å². The van der Waals surface area contributed by atoms with E-state index in [0.717, 1.165) is 16.5 Å². The van der Waals surface area contributed by atoms with Crippen molar-refractivity contribution in [2.45, 2.75) is 24.8 Å². The highest BCUT2D eigenvalue weighted by atomic mass is 32.2. The van der Waals surface area contributed by atoms with Crippen LogP contribution in [0.1, 0.15) is 24.2 Å². The minimum atomic E-state index is -3.81. The molecule has 3 aromatic rings. The van der Waals surface area contributed by atoms with E-state index in [0.29, 0.717) is 5.56 Å². The first-order chi connectivity index (χ1) is 12.3. The summed E-state index contributed by atoms with van der Waals surface area (Å²) in [6, 6.07) is 13.0. The number of pyridine rings is 1. The van der Waals surface area contributed by atoms with Crippen LogP contribution in [-0.2, 0) is 10.0 Å². The van der Waals surface area contributed by atoms with Gasteiger partial charge in [0.1, 0.15) is 0 Å². The molecule has 0 atom stereocenters. The van der Waals surface area contributed by atoms with Crippen LogP contribution in [0.4, 0.5) is 0 Å². The SMILES string of the molecule is CC(C)NS(=O)(=O)c1cc(C(=O)O)cc(-c2ccc3ncccc3c2)c1. The maximum Gasteiger partial charge on any atom is 0.335 e. The molecule has 7 heteroatoms. The van der Waals surface area contributed by atoms with Crippen LogP contribution in [0.15, 0.2) is 59.6 Å². The highest BCUT2D eigenvalue weighted by Crippen LogP contribution is 2.27. The third-order valence-corrected chi connectivity index (χ3v) is 5.43. The number of benzene rings is 2. The van der Waals surface area contributed by atoms with Gasteiger partial charge in [-0.2, -0.15) is 0 Å². The Bertz CT molecular complexity index is 1090. The topological polar surface area (TPSA) is 96.4 Å². The van der Waals surface area contributed by atoms with Crippen molar-refractivity contribution in [3.8, 4) is 11.1 Å². The fourth-order valence-electron chi connectivity index (χ4n) is 2.68. The van der Waals surface area contributed by atoms with Gasteiger partial charge in [0.25, 0.3) is 0 Å². The molecule has 0 bridgehead atoms. The first-order valence-corrected chi connectivity index (χ1v) is 9.50. The first-order valence-electron chi connectivity index (χ1n) is 8.02. The molecule has 0 saturated carbocycles. The van der Waals surface area contributed by atoms with Crippen LogP contribution in [-0.4, -0.2) is 30.5 Å². The minimum absolute atomic E-state index is 0.0765. The normalized spacial score (nSPS) is 11.8. The zero-order chi connectivity index (χ0) is 18.9. The second-order valence-corrected chi connectivity index (χ2v) is 7.95. The lowest BCUT2D eigenvalue weighted by atomic mass is 10.0. The van der Waals surface area contributed by atoms with Crippen LogP contribution < -0.4 is 4.72 Å². The molecule has 2 N–H and O–H groups in total. The van der Waals surface area contributed by atoms with Crippen molar-refractivity contribution in [1.82, 2.24) is 9.71 Å². The number of carbonyl (C=O) groups is 1. The Balaban J connectivity index is 2.18. The number of hydrogen-bond donors (Lipinski definition) is 2. The standard InChI is InChI=1S/C19H18N2O4S/c1-12(2)21-26(24,25)17-10-15(9-16(11-17)19(22)23)13-5-6-18-14(8-13)4-3-7-20-18/h3-12,21H,1-2H3,(H,22,23). The summed E-state index contributed by atoms with van der Waals surface area (Å²) in [6.07, 6.45) is 1.69. The summed E-state index contributed by atoms with van der Waals surface area (Å²) in [5.74, 6) is -1.18. The number of hydrogen-bond acceptors (Lipinski definition) is 4. The molecule has 0 fully saturated rings. The van der Waals surface area contributed by atoms with Crippen molar-refractivity contribution in [3.63, 3.8) is 0 Å². The lowest BCUT2D eigenvalue weighted by Crippen LogP contribution is -2.30. The molecule has 1 aromatic heterocycles. The number of sulfonamides is 1. The lowest BCUT2D eigenvalue weighted by molar-refractivity contribution is 0.0696. The van der Waals surface area contributed by atoms with E-state index in [1.54, 1.807) is 26.1 Å². The summed E-state index contributed by atoms with van der Waals surface area (Å²) in [7, 11) is -3.81. The highest BCUT2D eigenvalue weighted by Gasteiger charge is 2.19. The Morgan fingerprint density at radius 2 is 1.85 bits per heavy atom. The van der Waals surface area contributed by atoms with Crippen molar-refractivity contribution < 1.29 is 18.3 Å². The number of carboxylic acids is 1. The van der Waals surface area contributed by atoms with Crippen molar-refractivity contribution >= 4 is 26.9 Å². The van der Waals surface area contributed by atoms with Crippen LogP contribution in [0.5, 0.6) is 0 Å². The summed E-state index contributed by atoms with van der Waals surface area (Å²) in [6.45, 7) is 3.41. The van der Waals surface area contributed by atoms with Gasteiger partial charge in [-0.1, -0.05) is 12.1 Å². The van der Waals surface area contributed by atoms with Gasteiger partial charge in [0.05, 0.1) is 16.0 Å². The number of carboxylic acid groups (broad SMARTS) is 1. The maximum atomic E-state index is 12.5. The Hall–Kier alpha value is -2.77. The van der Waals surface area contributed by atoms with Gasteiger partial charge in [0, 0.05) is 17.6 Å². The quantitative estimate of drug-likeness (QED) is 0.718. The van der Waals surface area contributed by atoms with Crippen LogP contribution in [0, 0.1) is 0 Å². The number of fused-ring (bicyclic) bond motifs is 1. The molecule has 0 aliphatic rings. The van der Waals surface area contributed by atoms with Gasteiger partial charge in [0.2, 0.25) is 10.0 Å². The van der Waals surface area contributed by atoms with Crippen LogP contribution >= 0.6 is 0 Å². The molecule has 0 aliphatic carbocycles. The van der Waals surface area contributed by atoms with Gasteiger partial charge < -0.3 is 5.11 Å². The minimum Gasteiger partial charge on any atom is -0.478 e. The van der Waals surface area contributed by atoms with Crippen molar-refractivity contribution in [2.75, 3.05) is 0 Å². The van der Waals surface area contributed by atoms with Crippen LogP contribution in [0.25, 0.3) is 22.0 Å². The molecule has 0 amide bonds. The molecule has 0 radical (unpaired) electrons. The highest BCUT2D eigenvalue weighted by molar-refractivity contribution is 7.89. The van der Waals surface area contributed by atoms with Crippen LogP contribution in [0.3, 0.4) is 0 Å². The van der Waals surface area contributed by atoms with E-state index in [9.17, 15) is 18.3 Å². The predicted octanol–water partition coefficient (Wildman–Crippen LogP) is 3.29. The fourth-order valence-corrected chi connectivity index (χ4v) is 4.00. The van der Waals surface area contributed by atoms with E-state index in [2.05, 4.69) is 9.71 Å². The number of aromatic carboxylic acids is 1. The van der Waals surface area contributed by atoms with Gasteiger partial charge in [0.15, 0.2) is 0 Å². The van der Waals surface area contributed by atoms with E-state index in [1.165, 1.54) is 18.2 Å². The second kappa shape index (κ2) is 6.86. The summed E-state index contributed by atoms with van der Waals surface area (Å²) in [5, 5.41) is 10.3. The number of aromatic nitrogens is 1. The average Bonchev–Trinajstić information content (AvgIpc) is 2.59. The third-order valence-electron chi connectivity index (χ3n) is 3.79. The summed E-state index contributed by atoms with van der Waals surface area (Å²) in [5.41, 5.74) is 1.95. The van der Waals surface area contributed by atoms with E-state index in [-0.39, 0.29) is 16.5 Å². The van der Waals surface area contributed by atoms with Crippen molar-refractivity contribution in [3.05, 3.63) is 60.3 Å². The summed E-state index contributed by atoms with van der Waals surface area (Å²) < 4.78 is 27.5. The number of nitrogens with one attached hydrogen (secondary N) is 1. The summed E-state index contributed by atoms with van der Waals surface area (Å²) in [4.78, 5) is 15.6. The van der Waals surface area contributed by atoms with Gasteiger partial charge in [-0.25, -0.2) is 17.9 Å². The molecule has 134 valence electrons. The lowest BCUT2D eigenvalue weighted by Gasteiger charge is -2.12. The van der Waals surface area contributed by atoms with Gasteiger partial charge >= 0.3 is 5.97 Å². The smallest absolute Gasteiger partial charge is 0.335 e. The van der Waals surface area contributed by atoms with E-state index < -0.39 is 16.0 Å². The van der Waals surface area contributed by atoms with Crippen molar-refractivity contribution in [1.29, 1.82) is 0 Å². The molecule has 0 aliphatic heterocycles. The molecule has 0 unspecified atom stereocenters. The van der Waals surface area contributed by atoms with E-state index >= 15 is 0 Å². The molecule has 3 rings (SSSR count). The Morgan fingerprint density at radius 1 is 1.08 bits per heavy atom. The largest absolute Gasteiger partial charge is 0.478 e. The fraction of sp³-hybridized carbons (Fsp3) is 0.158. The molecule has 0 spiro atoms. The predicted molar refractivity (Wildman–Crippen MR) is 99.6 cm³/mol. The Labute approximate surface area is 151 Å². The van der Waals surface area contributed by atoms with Gasteiger partial charge in [-0.3, -0.25) is 4.98 Å². The zero-order valence-electron chi connectivity index (χ0n) is 14.3. The monoisotopic (exact) mass is 370 g/mol. The van der Waals surface area contributed by atoms with Gasteiger partial charge in [-0.15, -0.1) is 0 Å². The average molecular weight is 370 g/mol. The van der Waals surface area contributed by atoms with E-state index in [4.69, 9.17) is 0 Å². The van der Waals surface area contributed by atoms with Crippen molar-refractivity contribution in [2.24, 2.45) is 0 Å². The number of rotatable bonds is 5. The Kier molecular flexibility index (Phi) is 4.76. The van der Waals surface area contributed by atoms with Crippen LogP contribution in [0.2, 0.25) is 0 Å². The molecular weight excluding hydrogens is 352 g/mol. The first kappa shape index (κ1) is 18.0.